The van der Waals surface area contributed by atoms with Gasteiger partial charge in [0, 0.05) is 32.1 Å². The summed E-state index contributed by atoms with van der Waals surface area (Å²) in [5.41, 5.74) is -1.57. The maximum Gasteiger partial charge on any atom is 0.421 e. The summed E-state index contributed by atoms with van der Waals surface area (Å²) in [4.78, 5) is 16.0. The Balaban J connectivity index is 1.51. The lowest BCUT2D eigenvalue weighted by molar-refractivity contribution is -0.139. The van der Waals surface area contributed by atoms with Crippen molar-refractivity contribution in [3.05, 3.63) is 57.3 Å². The Bertz CT molecular complexity index is 1050. The molecule has 1 aliphatic heterocycles. The van der Waals surface area contributed by atoms with Gasteiger partial charge in [-0.05, 0) is 31.0 Å². The maximum absolute atomic E-state index is 13.9. The molecule has 158 valence electrons. The molecule has 4 rings (SSSR count). The van der Waals surface area contributed by atoms with Gasteiger partial charge in [-0.15, -0.1) is 0 Å². The maximum atomic E-state index is 13.9. The van der Waals surface area contributed by atoms with E-state index in [4.69, 9.17) is 0 Å². The van der Waals surface area contributed by atoms with Gasteiger partial charge in [-0.3, -0.25) is 9.69 Å². The molecule has 6 nitrogen and oxygen atoms in total. The Kier molecular flexibility index (Phi) is 5.24. The summed E-state index contributed by atoms with van der Waals surface area (Å²) in [6.45, 7) is 1.71. The number of rotatable bonds is 4. The molecule has 1 aliphatic carbocycles. The van der Waals surface area contributed by atoms with E-state index in [0.29, 0.717) is 37.6 Å². The fourth-order valence-electron chi connectivity index (χ4n) is 3.65. The van der Waals surface area contributed by atoms with Crippen LogP contribution in [0.25, 0.3) is 0 Å². The fraction of sp³-hybridized carbons (Fsp3) is 0.450. The monoisotopic (exact) mass is 421 g/mol. The van der Waals surface area contributed by atoms with Crippen LogP contribution in [0.3, 0.4) is 0 Å². The minimum atomic E-state index is -4.73. The number of hydrogen-bond donors (Lipinski definition) is 0. The molecule has 0 amide bonds. The van der Waals surface area contributed by atoms with E-state index in [1.54, 1.807) is 6.07 Å². The number of hydrogen-bond acceptors (Lipinski definition) is 5. The number of benzene rings is 1. The van der Waals surface area contributed by atoms with Gasteiger partial charge in [-0.1, -0.05) is 6.07 Å². The minimum Gasteiger partial charge on any atom is -0.368 e. The largest absolute Gasteiger partial charge is 0.421 e. The summed E-state index contributed by atoms with van der Waals surface area (Å²) in [7, 11) is 0. The Labute approximate surface area is 169 Å². The van der Waals surface area contributed by atoms with Crippen molar-refractivity contribution in [2.24, 2.45) is 0 Å². The van der Waals surface area contributed by atoms with Crippen LogP contribution < -0.4 is 10.5 Å². The number of piperazine rings is 1. The first-order chi connectivity index (χ1) is 14.3. The van der Waals surface area contributed by atoms with Gasteiger partial charge in [0.15, 0.2) is 0 Å². The Morgan fingerprint density at radius 1 is 1.17 bits per heavy atom. The van der Waals surface area contributed by atoms with E-state index in [1.807, 2.05) is 15.9 Å². The molecule has 0 bridgehead atoms. The van der Waals surface area contributed by atoms with Gasteiger partial charge in [0.05, 0.1) is 18.1 Å². The van der Waals surface area contributed by atoms with Crippen molar-refractivity contribution >= 4 is 5.69 Å². The van der Waals surface area contributed by atoms with Crippen LogP contribution in [0.4, 0.5) is 23.2 Å². The minimum absolute atomic E-state index is 0.0211. The van der Waals surface area contributed by atoms with Crippen LogP contribution in [0.1, 0.15) is 35.6 Å². The van der Waals surface area contributed by atoms with Gasteiger partial charge in [0.25, 0.3) is 5.56 Å². The highest BCUT2D eigenvalue weighted by atomic mass is 19.4. The summed E-state index contributed by atoms with van der Waals surface area (Å²) in [6.07, 6.45) is -3.18. The molecule has 2 aromatic rings. The van der Waals surface area contributed by atoms with Crippen molar-refractivity contribution in [1.29, 1.82) is 5.26 Å². The van der Waals surface area contributed by atoms with Crippen LogP contribution in [-0.4, -0.2) is 40.9 Å². The van der Waals surface area contributed by atoms with Crippen LogP contribution in [0.5, 0.6) is 0 Å². The molecule has 10 heteroatoms. The zero-order valence-corrected chi connectivity index (χ0v) is 16.0. The molecule has 1 aromatic carbocycles. The lowest BCUT2D eigenvalue weighted by Gasteiger charge is -2.36. The van der Waals surface area contributed by atoms with Gasteiger partial charge in [-0.2, -0.15) is 23.5 Å². The molecule has 30 heavy (non-hydrogen) atoms. The van der Waals surface area contributed by atoms with E-state index in [2.05, 4.69) is 5.10 Å². The van der Waals surface area contributed by atoms with Crippen molar-refractivity contribution in [2.75, 3.05) is 31.1 Å². The van der Waals surface area contributed by atoms with Gasteiger partial charge in [0.1, 0.15) is 23.0 Å². The molecule has 0 spiro atoms. The zero-order valence-electron chi connectivity index (χ0n) is 16.0. The van der Waals surface area contributed by atoms with E-state index in [0.717, 1.165) is 23.6 Å². The molecular weight excluding hydrogens is 402 g/mol. The van der Waals surface area contributed by atoms with Crippen molar-refractivity contribution in [3.8, 4) is 6.07 Å². The molecule has 0 unspecified atom stereocenters. The first-order valence-corrected chi connectivity index (χ1v) is 9.63. The van der Waals surface area contributed by atoms with Crippen molar-refractivity contribution in [1.82, 2.24) is 14.7 Å². The third-order valence-electron chi connectivity index (χ3n) is 5.44. The second-order valence-corrected chi connectivity index (χ2v) is 7.55. The van der Waals surface area contributed by atoms with Gasteiger partial charge < -0.3 is 4.90 Å². The average Bonchev–Trinajstić information content (AvgIpc) is 3.54. The topological polar surface area (TPSA) is 65.2 Å². The first kappa shape index (κ1) is 20.3. The molecule has 0 atom stereocenters. The van der Waals surface area contributed by atoms with Crippen molar-refractivity contribution in [2.45, 2.75) is 31.6 Å². The number of nitrogens with zero attached hydrogens (tertiary/aromatic N) is 5. The third kappa shape index (κ3) is 4.03. The van der Waals surface area contributed by atoms with Crippen molar-refractivity contribution < 1.29 is 17.6 Å². The molecule has 1 saturated carbocycles. The number of alkyl halides is 3. The highest BCUT2D eigenvalue weighted by Gasteiger charge is 2.38. The zero-order chi connectivity index (χ0) is 21.5. The lowest BCUT2D eigenvalue weighted by atomic mass is 10.1. The molecule has 0 N–H and O–H groups in total. The highest BCUT2D eigenvalue weighted by Crippen LogP contribution is 2.40. The van der Waals surface area contributed by atoms with E-state index in [9.17, 15) is 27.6 Å². The average molecular weight is 421 g/mol. The van der Waals surface area contributed by atoms with E-state index in [-0.39, 0.29) is 18.2 Å². The number of aromatic nitrogens is 2. The van der Waals surface area contributed by atoms with Crippen molar-refractivity contribution in [3.63, 3.8) is 0 Å². The van der Waals surface area contributed by atoms with Crippen LogP contribution >= 0.6 is 0 Å². The standard InChI is InChI=1S/C20H19F4N5O/c21-16-2-1-3-18(14(16)11-25)28-8-6-27(7-9-28)12-29-19(30)15(20(22,23)24)10-17(26-29)13-4-5-13/h1-3,10,13H,4-9,12H2. The number of nitriles is 1. The van der Waals surface area contributed by atoms with E-state index in [1.165, 1.54) is 12.1 Å². The SMILES string of the molecule is N#Cc1c(F)cccc1N1CCN(Cn2nc(C3CC3)cc(C(F)(F)F)c2=O)CC1. The Morgan fingerprint density at radius 2 is 1.87 bits per heavy atom. The molecule has 1 aromatic heterocycles. The van der Waals surface area contributed by atoms with Crippen LogP contribution in [0.15, 0.2) is 29.1 Å². The quantitative estimate of drug-likeness (QED) is 0.711. The summed E-state index contributed by atoms with van der Waals surface area (Å²) >= 11 is 0. The molecule has 2 heterocycles. The number of anilines is 1. The molecule has 2 fully saturated rings. The smallest absolute Gasteiger partial charge is 0.368 e. The summed E-state index contributed by atoms with van der Waals surface area (Å²) in [5.74, 6) is -0.614. The number of halogens is 4. The molecular formula is C20H19F4N5O. The molecule has 2 aliphatic rings. The Hall–Kier alpha value is -2.93. The predicted molar refractivity (Wildman–Crippen MR) is 100 cm³/mol. The van der Waals surface area contributed by atoms with Gasteiger partial charge in [-0.25, -0.2) is 9.07 Å². The molecule has 1 saturated heterocycles. The van der Waals surface area contributed by atoms with Crippen LogP contribution in [0, 0.1) is 17.1 Å². The normalized spacial score (nSPS) is 17.8. The van der Waals surface area contributed by atoms with E-state index >= 15 is 0 Å². The summed E-state index contributed by atoms with van der Waals surface area (Å²) in [6, 6.07) is 7.17. The molecule has 0 radical (unpaired) electrons. The predicted octanol–water partition coefficient (Wildman–Crippen LogP) is 2.93. The second-order valence-electron chi connectivity index (χ2n) is 7.55. The Morgan fingerprint density at radius 3 is 2.47 bits per heavy atom. The highest BCUT2D eigenvalue weighted by molar-refractivity contribution is 5.60. The second kappa shape index (κ2) is 7.72. The van der Waals surface area contributed by atoms with Crippen LogP contribution in [-0.2, 0) is 12.8 Å². The van der Waals surface area contributed by atoms with E-state index < -0.39 is 23.1 Å². The third-order valence-corrected chi connectivity index (χ3v) is 5.44. The summed E-state index contributed by atoms with van der Waals surface area (Å²) in [5, 5.41) is 13.4. The summed E-state index contributed by atoms with van der Waals surface area (Å²) < 4.78 is 54.6. The van der Waals surface area contributed by atoms with Gasteiger partial charge >= 0.3 is 6.18 Å². The van der Waals surface area contributed by atoms with Gasteiger partial charge in [0.2, 0.25) is 0 Å². The fourth-order valence-corrected chi connectivity index (χ4v) is 3.65. The van der Waals surface area contributed by atoms with Crippen LogP contribution in [0.2, 0.25) is 0 Å². The first-order valence-electron chi connectivity index (χ1n) is 9.63. The lowest BCUT2D eigenvalue weighted by Crippen LogP contribution is -2.48.